The highest BCUT2D eigenvalue weighted by molar-refractivity contribution is 9.10. The van der Waals surface area contributed by atoms with Gasteiger partial charge in [0.05, 0.1) is 11.1 Å². The van der Waals surface area contributed by atoms with Crippen molar-refractivity contribution in [3.05, 3.63) is 21.2 Å². The second kappa shape index (κ2) is 6.78. The molecule has 18 heavy (non-hydrogen) atoms. The number of hydrogen-bond acceptors (Lipinski definition) is 6. The van der Waals surface area contributed by atoms with Crippen LogP contribution in [0.2, 0.25) is 0 Å². The highest BCUT2D eigenvalue weighted by atomic mass is 79.9. The predicted molar refractivity (Wildman–Crippen MR) is 64.6 cm³/mol. The molecule has 0 spiro atoms. The Morgan fingerprint density at radius 3 is 2.89 bits per heavy atom. The number of alkyl halides is 1. The topological polar surface area (TPSA) is 111 Å². The first kappa shape index (κ1) is 15.0. The van der Waals surface area contributed by atoms with Gasteiger partial charge in [-0.05, 0) is 15.9 Å². The molecule has 0 saturated carbocycles. The minimum absolute atomic E-state index is 0.0405. The largest absolute Gasteiger partial charge is 0.394 e. The first-order valence-electron chi connectivity index (χ1n) is 4.98. The maximum atomic E-state index is 12.2. The molecule has 1 heterocycles. The van der Waals surface area contributed by atoms with Crippen LogP contribution in [0.4, 0.5) is 10.2 Å². The van der Waals surface area contributed by atoms with Crippen LogP contribution in [0.25, 0.3) is 0 Å². The molecule has 0 amide bonds. The fourth-order valence-electron chi connectivity index (χ4n) is 1.13. The Morgan fingerprint density at radius 2 is 2.33 bits per heavy atom. The monoisotopic (exact) mass is 325 g/mol. The summed E-state index contributed by atoms with van der Waals surface area (Å²) in [6, 6.07) is 0. The van der Waals surface area contributed by atoms with Crippen LogP contribution in [0.5, 0.6) is 0 Å². The third-order valence-corrected chi connectivity index (χ3v) is 2.78. The molecule has 2 unspecified atom stereocenters. The number of hydrogen-bond donors (Lipinski definition) is 3. The van der Waals surface area contributed by atoms with Crippen LogP contribution < -0.4 is 11.4 Å². The van der Waals surface area contributed by atoms with Gasteiger partial charge in [-0.25, -0.2) is 9.18 Å². The van der Waals surface area contributed by atoms with E-state index in [0.29, 0.717) is 4.47 Å². The molecule has 0 bridgehead atoms. The molecule has 4 N–H and O–H groups in total. The maximum Gasteiger partial charge on any atom is 0.351 e. The minimum Gasteiger partial charge on any atom is -0.394 e. The molecular weight excluding hydrogens is 313 g/mol. The molecule has 0 radical (unpaired) electrons. The molecule has 1 rings (SSSR count). The molecule has 0 aromatic carbocycles. The van der Waals surface area contributed by atoms with Gasteiger partial charge in [0.2, 0.25) is 0 Å². The standard InChI is InChI=1S/C9H13BrFN3O4/c10-5-2-14(9(17)13-8(5)12)4-18-7(3-15)6(16)1-11/h2,6-7,15-16H,1,3-4H2,(H2,12,13,17). The van der Waals surface area contributed by atoms with Crippen molar-refractivity contribution in [2.24, 2.45) is 0 Å². The maximum absolute atomic E-state index is 12.2. The molecule has 0 fully saturated rings. The van der Waals surface area contributed by atoms with E-state index in [-0.39, 0.29) is 12.5 Å². The van der Waals surface area contributed by atoms with Crippen molar-refractivity contribution in [1.29, 1.82) is 0 Å². The summed E-state index contributed by atoms with van der Waals surface area (Å²) in [7, 11) is 0. The van der Waals surface area contributed by atoms with E-state index in [1.807, 2.05) is 0 Å². The molecule has 1 aromatic rings. The average Bonchev–Trinajstić information content (AvgIpc) is 2.35. The van der Waals surface area contributed by atoms with Crippen LogP contribution >= 0.6 is 15.9 Å². The van der Waals surface area contributed by atoms with E-state index in [1.54, 1.807) is 0 Å². The zero-order chi connectivity index (χ0) is 13.7. The number of aliphatic hydroxyl groups excluding tert-OH is 2. The predicted octanol–water partition coefficient (Wildman–Crippen LogP) is -0.747. The summed E-state index contributed by atoms with van der Waals surface area (Å²) in [5.74, 6) is 0.0405. The molecule has 9 heteroatoms. The number of nitrogens with two attached hydrogens (primary N) is 1. The summed E-state index contributed by atoms with van der Waals surface area (Å²) in [5.41, 5.74) is 4.75. The fraction of sp³-hybridized carbons (Fsp3) is 0.556. The smallest absolute Gasteiger partial charge is 0.351 e. The van der Waals surface area contributed by atoms with Crippen LogP contribution in [0, 0.1) is 0 Å². The van der Waals surface area contributed by atoms with Crippen LogP contribution in [-0.2, 0) is 11.5 Å². The van der Waals surface area contributed by atoms with E-state index in [0.717, 1.165) is 4.57 Å². The van der Waals surface area contributed by atoms with Gasteiger partial charge in [0, 0.05) is 6.20 Å². The van der Waals surface area contributed by atoms with E-state index in [2.05, 4.69) is 20.9 Å². The number of aliphatic hydroxyl groups is 2. The van der Waals surface area contributed by atoms with Crippen molar-refractivity contribution in [3.8, 4) is 0 Å². The Hall–Kier alpha value is -1.03. The van der Waals surface area contributed by atoms with E-state index in [9.17, 15) is 14.3 Å². The summed E-state index contributed by atoms with van der Waals surface area (Å²) >= 11 is 3.09. The highest BCUT2D eigenvalue weighted by Gasteiger charge is 2.19. The Labute approximate surface area is 110 Å². The van der Waals surface area contributed by atoms with Gasteiger partial charge >= 0.3 is 5.69 Å². The second-order valence-electron chi connectivity index (χ2n) is 3.46. The van der Waals surface area contributed by atoms with Gasteiger partial charge in [-0.3, -0.25) is 4.57 Å². The lowest BCUT2D eigenvalue weighted by Gasteiger charge is -2.19. The SMILES string of the molecule is Nc1nc(=O)n(COC(CO)C(O)CF)cc1Br. The van der Waals surface area contributed by atoms with Gasteiger partial charge in [0.15, 0.2) is 0 Å². The zero-order valence-electron chi connectivity index (χ0n) is 9.29. The van der Waals surface area contributed by atoms with Gasteiger partial charge in [-0.2, -0.15) is 4.98 Å². The number of halogens is 2. The van der Waals surface area contributed by atoms with Crippen molar-refractivity contribution in [2.45, 2.75) is 18.9 Å². The molecule has 0 aliphatic carbocycles. The van der Waals surface area contributed by atoms with Crippen molar-refractivity contribution < 1.29 is 19.3 Å². The third kappa shape index (κ3) is 3.73. The van der Waals surface area contributed by atoms with E-state index >= 15 is 0 Å². The van der Waals surface area contributed by atoms with Crippen molar-refractivity contribution in [2.75, 3.05) is 19.0 Å². The second-order valence-corrected chi connectivity index (χ2v) is 4.32. The third-order valence-electron chi connectivity index (χ3n) is 2.17. The summed E-state index contributed by atoms with van der Waals surface area (Å²) in [5, 5.41) is 18.1. The number of anilines is 1. The first-order chi connectivity index (χ1) is 8.49. The summed E-state index contributed by atoms with van der Waals surface area (Å²) in [6.45, 7) is -1.90. The lowest BCUT2D eigenvalue weighted by Crippen LogP contribution is -2.36. The highest BCUT2D eigenvalue weighted by Crippen LogP contribution is 2.13. The van der Waals surface area contributed by atoms with E-state index in [4.69, 9.17) is 15.6 Å². The number of nitrogens with zero attached hydrogens (tertiary/aromatic N) is 2. The molecular formula is C9H13BrFN3O4. The Morgan fingerprint density at radius 1 is 1.67 bits per heavy atom. The number of nitrogen functional groups attached to an aromatic ring is 1. The lowest BCUT2D eigenvalue weighted by atomic mass is 10.2. The van der Waals surface area contributed by atoms with Gasteiger partial charge in [-0.15, -0.1) is 0 Å². The van der Waals surface area contributed by atoms with Gasteiger partial charge in [0.25, 0.3) is 0 Å². The molecule has 7 nitrogen and oxygen atoms in total. The summed E-state index contributed by atoms with van der Waals surface area (Å²) < 4.78 is 18.7. The quantitative estimate of drug-likeness (QED) is 0.635. The summed E-state index contributed by atoms with van der Waals surface area (Å²) in [4.78, 5) is 14.9. The van der Waals surface area contributed by atoms with E-state index in [1.165, 1.54) is 6.20 Å². The van der Waals surface area contributed by atoms with Crippen LogP contribution in [0.3, 0.4) is 0 Å². The van der Waals surface area contributed by atoms with Crippen LogP contribution in [0.15, 0.2) is 15.5 Å². The molecule has 0 aliphatic rings. The van der Waals surface area contributed by atoms with Crippen molar-refractivity contribution >= 4 is 21.7 Å². The van der Waals surface area contributed by atoms with Gasteiger partial charge in [-0.1, -0.05) is 0 Å². The average molecular weight is 326 g/mol. The van der Waals surface area contributed by atoms with Gasteiger partial charge in [0.1, 0.15) is 31.4 Å². The molecule has 2 atom stereocenters. The minimum atomic E-state index is -1.45. The van der Waals surface area contributed by atoms with Crippen molar-refractivity contribution in [3.63, 3.8) is 0 Å². The normalized spacial score (nSPS) is 14.4. The number of aromatic nitrogens is 2. The Balaban J connectivity index is 2.74. The zero-order valence-corrected chi connectivity index (χ0v) is 10.9. The first-order valence-corrected chi connectivity index (χ1v) is 5.77. The lowest BCUT2D eigenvalue weighted by molar-refractivity contribution is -0.0936. The van der Waals surface area contributed by atoms with Crippen LogP contribution in [-0.4, -0.2) is 45.3 Å². The Kier molecular flexibility index (Phi) is 5.66. The molecule has 102 valence electrons. The van der Waals surface area contributed by atoms with Gasteiger partial charge < -0.3 is 20.7 Å². The van der Waals surface area contributed by atoms with Crippen molar-refractivity contribution in [1.82, 2.24) is 9.55 Å². The summed E-state index contributed by atoms with van der Waals surface area (Å²) in [6.07, 6.45) is -1.21. The number of ether oxygens (including phenoxy) is 1. The molecule has 0 saturated heterocycles. The van der Waals surface area contributed by atoms with E-state index < -0.39 is 31.2 Å². The molecule has 0 aliphatic heterocycles. The Bertz CT molecular complexity index is 456. The van der Waals surface area contributed by atoms with Crippen LogP contribution in [0.1, 0.15) is 0 Å². The fourth-order valence-corrected chi connectivity index (χ4v) is 1.47. The molecule has 1 aromatic heterocycles. The number of rotatable bonds is 6.